The Kier molecular flexibility index (Phi) is 2.50. The molecule has 1 fully saturated rings. The quantitative estimate of drug-likeness (QED) is 0.781. The minimum absolute atomic E-state index is 0.0960. The van der Waals surface area contributed by atoms with E-state index in [1.807, 2.05) is 49.9 Å². The van der Waals surface area contributed by atoms with Gasteiger partial charge in [0, 0.05) is 18.2 Å². The summed E-state index contributed by atoms with van der Waals surface area (Å²) in [5, 5.41) is 0. The second-order valence-electron chi connectivity index (χ2n) is 5.03. The summed E-state index contributed by atoms with van der Waals surface area (Å²) in [6.07, 6.45) is 0.431. The number of aryl methyl sites for hydroxylation is 1. The van der Waals surface area contributed by atoms with Gasteiger partial charge in [0.15, 0.2) is 0 Å². The minimum atomic E-state index is -0.299. The Bertz CT molecular complexity index is 408. The Morgan fingerprint density at radius 2 is 1.88 bits per heavy atom. The first-order chi connectivity index (χ1) is 7.43. The molecule has 16 heavy (non-hydrogen) atoms. The molecule has 2 rings (SSSR count). The van der Waals surface area contributed by atoms with E-state index in [1.54, 1.807) is 0 Å². The fraction of sp³-hybridized carbons (Fsp3) is 0.462. The Hall–Kier alpha value is -1.35. The van der Waals surface area contributed by atoms with Crippen LogP contribution in [0.1, 0.15) is 25.8 Å². The lowest BCUT2D eigenvalue weighted by molar-refractivity contribution is -0.117. The number of benzene rings is 1. The first-order valence-corrected chi connectivity index (χ1v) is 5.58. The first-order valence-electron chi connectivity index (χ1n) is 5.58. The molecular weight excluding hydrogens is 200 g/mol. The number of amides is 1. The van der Waals surface area contributed by atoms with Crippen molar-refractivity contribution in [1.29, 1.82) is 0 Å². The second kappa shape index (κ2) is 3.59. The molecule has 3 heteroatoms. The number of carbonyl (C=O) groups excluding carboxylic acids is 1. The van der Waals surface area contributed by atoms with Crippen molar-refractivity contribution in [2.24, 2.45) is 5.73 Å². The largest absolute Gasteiger partial charge is 0.325 e. The maximum Gasteiger partial charge on any atom is 0.229 e. The molecule has 0 aliphatic carbocycles. The van der Waals surface area contributed by atoms with Gasteiger partial charge < -0.3 is 10.6 Å². The van der Waals surface area contributed by atoms with Crippen LogP contribution in [0.2, 0.25) is 0 Å². The molecule has 1 aliphatic heterocycles. The van der Waals surface area contributed by atoms with Gasteiger partial charge in [0.05, 0.1) is 5.54 Å². The number of carbonyl (C=O) groups is 1. The number of nitrogens with zero attached hydrogens (tertiary/aromatic N) is 1. The van der Waals surface area contributed by atoms with Crippen molar-refractivity contribution < 1.29 is 4.79 Å². The van der Waals surface area contributed by atoms with Gasteiger partial charge in [-0.1, -0.05) is 17.7 Å². The Balaban J connectivity index is 2.40. The van der Waals surface area contributed by atoms with E-state index in [0.29, 0.717) is 6.42 Å². The lowest BCUT2D eigenvalue weighted by atomic mass is 9.96. The molecule has 1 aromatic carbocycles. The molecule has 86 valence electrons. The SMILES string of the molecule is Cc1ccc(N2C(=O)CC(N)C2(C)C)cc1. The normalized spacial score (nSPS) is 23.9. The van der Waals surface area contributed by atoms with Crippen LogP contribution in [0.5, 0.6) is 0 Å². The molecule has 0 radical (unpaired) electrons. The van der Waals surface area contributed by atoms with E-state index >= 15 is 0 Å². The van der Waals surface area contributed by atoms with Crippen LogP contribution in [0.4, 0.5) is 5.69 Å². The number of hydrogen-bond donors (Lipinski definition) is 1. The third kappa shape index (κ3) is 1.61. The monoisotopic (exact) mass is 218 g/mol. The zero-order valence-electron chi connectivity index (χ0n) is 10.0. The third-order valence-electron chi connectivity index (χ3n) is 3.42. The van der Waals surface area contributed by atoms with Crippen molar-refractivity contribution in [2.45, 2.75) is 38.8 Å². The third-order valence-corrected chi connectivity index (χ3v) is 3.42. The van der Waals surface area contributed by atoms with Crippen molar-refractivity contribution in [3.63, 3.8) is 0 Å². The van der Waals surface area contributed by atoms with Crippen molar-refractivity contribution in [2.75, 3.05) is 4.90 Å². The fourth-order valence-electron chi connectivity index (χ4n) is 2.19. The summed E-state index contributed by atoms with van der Waals surface area (Å²) >= 11 is 0. The van der Waals surface area contributed by atoms with E-state index in [-0.39, 0.29) is 17.5 Å². The Morgan fingerprint density at radius 3 is 2.31 bits per heavy atom. The van der Waals surface area contributed by atoms with Crippen LogP contribution < -0.4 is 10.6 Å². The van der Waals surface area contributed by atoms with Crippen LogP contribution in [0.15, 0.2) is 24.3 Å². The second-order valence-corrected chi connectivity index (χ2v) is 5.03. The summed E-state index contributed by atoms with van der Waals surface area (Å²) in [5.74, 6) is 0.112. The van der Waals surface area contributed by atoms with Gasteiger partial charge in [-0.05, 0) is 32.9 Å². The van der Waals surface area contributed by atoms with Gasteiger partial charge in [-0.15, -0.1) is 0 Å². The topological polar surface area (TPSA) is 46.3 Å². The van der Waals surface area contributed by atoms with Gasteiger partial charge in [0.25, 0.3) is 0 Å². The predicted octanol–water partition coefficient (Wildman–Crippen LogP) is 1.84. The van der Waals surface area contributed by atoms with Crippen LogP contribution in [0.3, 0.4) is 0 Å². The van der Waals surface area contributed by atoms with E-state index in [1.165, 1.54) is 5.56 Å². The van der Waals surface area contributed by atoms with Crippen molar-refractivity contribution >= 4 is 11.6 Å². The van der Waals surface area contributed by atoms with Crippen molar-refractivity contribution in [3.05, 3.63) is 29.8 Å². The molecule has 3 nitrogen and oxygen atoms in total. The highest BCUT2D eigenvalue weighted by Crippen LogP contribution is 2.33. The molecule has 0 saturated carbocycles. The van der Waals surface area contributed by atoms with Gasteiger partial charge in [-0.2, -0.15) is 0 Å². The summed E-state index contributed by atoms with van der Waals surface area (Å²) in [7, 11) is 0. The van der Waals surface area contributed by atoms with Gasteiger partial charge >= 0.3 is 0 Å². The van der Waals surface area contributed by atoms with Crippen LogP contribution >= 0.6 is 0 Å². The highest BCUT2D eigenvalue weighted by atomic mass is 16.2. The summed E-state index contributed by atoms with van der Waals surface area (Å²) in [4.78, 5) is 13.7. The predicted molar refractivity (Wildman–Crippen MR) is 65.3 cm³/mol. The molecule has 1 amide bonds. The zero-order valence-corrected chi connectivity index (χ0v) is 10.0. The molecule has 1 aliphatic rings. The molecule has 1 atom stereocenters. The Labute approximate surface area is 96.2 Å². The molecule has 1 aromatic rings. The smallest absolute Gasteiger partial charge is 0.229 e. The number of rotatable bonds is 1. The van der Waals surface area contributed by atoms with E-state index < -0.39 is 0 Å². The molecule has 1 unspecified atom stereocenters. The first kappa shape index (κ1) is 11.1. The highest BCUT2D eigenvalue weighted by Gasteiger charge is 2.44. The van der Waals surface area contributed by atoms with Crippen LogP contribution in [-0.4, -0.2) is 17.5 Å². The minimum Gasteiger partial charge on any atom is -0.325 e. The van der Waals surface area contributed by atoms with Gasteiger partial charge in [0.1, 0.15) is 0 Å². The molecule has 0 bridgehead atoms. The summed E-state index contributed by atoms with van der Waals surface area (Å²) in [6, 6.07) is 7.90. The van der Waals surface area contributed by atoms with Crippen molar-refractivity contribution in [1.82, 2.24) is 0 Å². The van der Waals surface area contributed by atoms with E-state index in [4.69, 9.17) is 5.73 Å². The van der Waals surface area contributed by atoms with Crippen molar-refractivity contribution in [3.8, 4) is 0 Å². The van der Waals surface area contributed by atoms with Gasteiger partial charge in [-0.3, -0.25) is 4.79 Å². The summed E-state index contributed by atoms with van der Waals surface area (Å²) < 4.78 is 0. The van der Waals surface area contributed by atoms with E-state index in [9.17, 15) is 4.79 Å². The van der Waals surface area contributed by atoms with Gasteiger partial charge in [-0.25, -0.2) is 0 Å². The average Bonchev–Trinajstić information content (AvgIpc) is 2.39. The van der Waals surface area contributed by atoms with Crippen LogP contribution in [0, 0.1) is 6.92 Å². The number of hydrogen-bond acceptors (Lipinski definition) is 2. The van der Waals surface area contributed by atoms with Crippen LogP contribution in [0.25, 0.3) is 0 Å². The molecule has 2 N–H and O–H groups in total. The summed E-state index contributed by atoms with van der Waals surface area (Å²) in [5.41, 5.74) is 7.83. The van der Waals surface area contributed by atoms with Crippen LogP contribution in [-0.2, 0) is 4.79 Å². The zero-order chi connectivity index (χ0) is 11.9. The molecular formula is C13H18N2O. The number of nitrogens with two attached hydrogens (primary N) is 1. The maximum atomic E-state index is 11.9. The highest BCUT2D eigenvalue weighted by molar-refractivity contribution is 5.98. The maximum absolute atomic E-state index is 11.9. The lowest BCUT2D eigenvalue weighted by Gasteiger charge is -2.34. The van der Waals surface area contributed by atoms with Gasteiger partial charge in [0.2, 0.25) is 5.91 Å². The summed E-state index contributed by atoms with van der Waals surface area (Å²) in [6.45, 7) is 6.07. The van der Waals surface area contributed by atoms with E-state index in [2.05, 4.69) is 0 Å². The Morgan fingerprint density at radius 1 is 1.31 bits per heavy atom. The molecule has 0 spiro atoms. The molecule has 1 saturated heterocycles. The standard InChI is InChI=1S/C13H18N2O/c1-9-4-6-10(7-5-9)15-12(16)8-11(14)13(15,2)3/h4-7,11H,8,14H2,1-3H3. The molecule has 0 aromatic heterocycles. The number of anilines is 1. The average molecular weight is 218 g/mol. The lowest BCUT2D eigenvalue weighted by Crippen LogP contribution is -2.49. The fourth-order valence-corrected chi connectivity index (χ4v) is 2.19. The van der Waals surface area contributed by atoms with E-state index in [0.717, 1.165) is 5.69 Å². The molecule has 1 heterocycles.